The van der Waals surface area contributed by atoms with Gasteiger partial charge in [-0.15, -0.1) is 0 Å². The number of hydrogen-bond acceptors (Lipinski definition) is 2. The Bertz CT molecular complexity index is 568. The highest BCUT2D eigenvalue weighted by molar-refractivity contribution is 5.76. The van der Waals surface area contributed by atoms with Crippen molar-refractivity contribution in [2.75, 3.05) is 0 Å². The minimum absolute atomic E-state index is 0.117. The fraction of sp³-hybridized carbons (Fsp3) is 0.357. The minimum atomic E-state index is -1.63. The summed E-state index contributed by atoms with van der Waals surface area (Å²) in [5, 5.41) is 0. The molecular weight excluding hydrogens is 257 g/mol. The van der Waals surface area contributed by atoms with Crippen LogP contribution in [-0.2, 0) is 4.79 Å². The average molecular weight is 268 g/mol. The molecule has 0 N–H and O–H groups in total. The smallest absolute Gasteiger partial charge is 0.315 e. The van der Waals surface area contributed by atoms with Crippen molar-refractivity contribution in [1.82, 2.24) is 0 Å². The number of halogens is 3. The summed E-state index contributed by atoms with van der Waals surface area (Å²) in [6.45, 7) is 0. The second-order valence-corrected chi connectivity index (χ2v) is 4.98. The van der Waals surface area contributed by atoms with E-state index < -0.39 is 29.2 Å². The topological polar surface area (TPSA) is 26.3 Å². The highest BCUT2D eigenvalue weighted by Crippen LogP contribution is 2.44. The van der Waals surface area contributed by atoms with Gasteiger partial charge in [-0.1, -0.05) is 12.2 Å². The Morgan fingerprint density at radius 2 is 1.89 bits per heavy atom. The summed E-state index contributed by atoms with van der Waals surface area (Å²) in [7, 11) is 0. The summed E-state index contributed by atoms with van der Waals surface area (Å²) in [6.07, 6.45) is 5.60. The molecule has 0 amide bonds. The van der Waals surface area contributed by atoms with E-state index in [4.69, 9.17) is 4.74 Å². The summed E-state index contributed by atoms with van der Waals surface area (Å²) in [6, 6.07) is 1.66. The van der Waals surface area contributed by atoms with E-state index >= 15 is 0 Å². The maximum absolute atomic E-state index is 13.4. The van der Waals surface area contributed by atoms with E-state index in [0.717, 1.165) is 18.6 Å². The first-order valence-corrected chi connectivity index (χ1v) is 6.10. The standard InChI is InChI=1S/C14H11F3O2/c15-10-3-4-11(13(17)12(10)16)19-14(18)9-6-7-1-2-8(9)5-7/h1-4,7-9H,5-6H2. The first-order chi connectivity index (χ1) is 9.06. The van der Waals surface area contributed by atoms with Crippen LogP contribution in [0.1, 0.15) is 12.8 Å². The van der Waals surface area contributed by atoms with Crippen molar-refractivity contribution in [3.63, 3.8) is 0 Å². The molecule has 0 radical (unpaired) electrons. The van der Waals surface area contributed by atoms with Crippen LogP contribution in [0, 0.1) is 35.2 Å². The first-order valence-electron chi connectivity index (χ1n) is 6.10. The van der Waals surface area contributed by atoms with Gasteiger partial charge in [0.25, 0.3) is 0 Å². The van der Waals surface area contributed by atoms with Gasteiger partial charge in [0.2, 0.25) is 5.82 Å². The Morgan fingerprint density at radius 3 is 2.53 bits per heavy atom. The van der Waals surface area contributed by atoms with Crippen molar-refractivity contribution in [3.05, 3.63) is 41.7 Å². The lowest BCUT2D eigenvalue weighted by Gasteiger charge is -2.16. The fourth-order valence-corrected chi connectivity index (χ4v) is 2.82. The zero-order valence-electron chi connectivity index (χ0n) is 9.91. The Labute approximate surface area is 107 Å². The van der Waals surface area contributed by atoms with Crippen LogP contribution in [0.3, 0.4) is 0 Å². The molecule has 0 aliphatic heterocycles. The van der Waals surface area contributed by atoms with Gasteiger partial charge in [-0.25, -0.2) is 8.78 Å². The Hall–Kier alpha value is -1.78. The van der Waals surface area contributed by atoms with Crippen molar-refractivity contribution in [2.45, 2.75) is 12.8 Å². The molecule has 5 heteroatoms. The molecule has 2 aliphatic carbocycles. The van der Waals surface area contributed by atoms with E-state index in [-0.39, 0.29) is 11.8 Å². The molecule has 1 fully saturated rings. The molecule has 0 saturated heterocycles. The first kappa shape index (κ1) is 12.3. The SMILES string of the molecule is O=C(Oc1ccc(F)c(F)c1F)C1CC2C=CC1C2. The molecular formula is C14H11F3O2. The van der Waals surface area contributed by atoms with E-state index in [1.54, 1.807) is 0 Å². The maximum atomic E-state index is 13.4. The van der Waals surface area contributed by atoms with Gasteiger partial charge >= 0.3 is 5.97 Å². The van der Waals surface area contributed by atoms with Gasteiger partial charge in [0.05, 0.1) is 5.92 Å². The molecule has 1 aromatic rings. The van der Waals surface area contributed by atoms with Gasteiger partial charge in [0.1, 0.15) is 0 Å². The minimum Gasteiger partial charge on any atom is -0.423 e. The predicted octanol–water partition coefficient (Wildman–Crippen LogP) is 3.22. The number of rotatable bonds is 2. The van der Waals surface area contributed by atoms with Gasteiger partial charge in [-0.3, -0.25) is 4.79 Å². The molecule has 0 heterocycles. The van der Waals surface area contributed by atoms with Crippen LogP contribution in [-0.4, -0.2) is 5.97 Å². The number of carbonyl (C=O) groups is 1. The molecule has 3 rings (SSSR count). The molecule has 0 spiro atoms. The Morgan fingerprint density at radius 1 is 1.11 bits per heavy atom. The average Bonchev–Trinajstić information content (AvgIpc) is 3.02. The van der Waals surface area contributed by atoms with Crippen molar-refractivity contribution >= 4 is 5.97 Å². The lowest BCUT2D eigenvalue weighted by atomic mass is 9.94. The largest absolute Gasteiger partial charge is 0.423 e. The summed E-state index contributed by atoms with van der Waals surface area (Å²) in [5.41, 5.74) is 0. The molecule has 3 atom stereocenters. The summed E-state index contributed by atoms with van der Waals surface area (Å²) >= 11 is 0. The number of fused-ring (bicyclic) bond motifs is 2. The Balaban J connectivity index is 1.77. The van der Waals surface area contributed by atoms with Gasteiger partial charge in [-0.2, -0.15) is 4.39 Å². The summed E-state index contributed by atoms with van der Waals surface area (Å²) in [5.74, 6) is -5.37. The Kier molecular flexibility index (Phi) is 2.84. The number of carbonyl (C=O) groups excluding carboxylic acids is 1. The highest BCUT2D eigenvalue weighted by atomic mass is 19.2. The lowest BCUT2D eigenvalue weighted by molar-refractivity contribution is -0.140. The van der Waals surface area contributed by atoms with Crippen molar-refractivity contribution < 1.29 is 22.7 Å². The van der Waals surface area contributed by atoms with Crippen molar-refractivity contribution in [2.24, 2.45) is 17.8 Å². The fourth-order valence-electron chi connectivity index (χ4n) is 2.82. The molecule has 1 aromatic carbocycles. The summed E-state index contributed by atoms with van der Waals surface area (Å²) < 4.78 is 44.0. The van der Waals surface area contributed by atoms with Crippen LogP contribution in [0.15, 0.2) is 24.3 Å². The maximum Gasteiger partial charge on any atom is 0.315 e. The predicted molar refractivity (Wildman–Crippen MR) is 60.8 cm³/mol. The van der Waals surface area contributed by atoms with Crippen LogP contribution < -0.4 is 4.74 Å². The number of allylic oxidation sites excluding steroid dienone is 2. The molecule has 3 unspecified atom stereocenters. The normalized spacial score (nSPS) is 27.8. The van der Waals surface area contributed by atoms with Crippen LogP contribution in [0.4, 0.5) is 13.2 Å². The quantitative estimate of drug-likeness (QED) is 0.356. The monoisotopic (exact) mass is 268 g/mol. The van der Waals surface area contributed by atoms with Crippen molar-refractivity contribution in [3.8, 4) is 5.75 Å². The van der Waals surface area contributed by atoms with Crippen LogP contribution in [0.5, 0.6) is 5.75 Å². The van der Waals surface area contributed by atoms with E-state index in [1.165, 1.54) is 0 Å². The van der Waals surface area contributed by atoms with Crippen LogP contribution >= 0.6 is 0 Å². The lowest BCUT2D eigenvalue weighted by Crippen LogP contribution is -2.24. The van der Waals surface area contributed by atoms with E-state index in [9.17, 15) is 18.0 Å². The van der Waals surface area contributed by atoms with E-state index in [2.05, 4.69) is 6.08 Å². The summed E-state index contributed by atoms with van der Waals surface area (Å²) in [4.78, 5) is 11.9. The second-order valence-electron chi connectivity index (χ2n) is 4.98. The third-order valence-electron chi connectivity index (χ3n) is 3.79. The third-order valence-corrected chi connectivity index (χ3v) is 3.79. The molecule has 100 valence electrons. The van der Waals surface area contributed by atoms with Crippen molar-refractivity contribution in [1.29, 1.82) is 0 Å². The third kappa shape index (κ3) is 2.03. The molecule has 0 aromatic heterocycles. The number of hydrogen-bond donors (Lipinski definition) is 0. The zero-order chi connectivity index (χ0) is 13.6. The van der Waals surface area contributed by atoms with Crippen LogP contribution in [0.25, 0.3) is 0 Å². The van der Waals surface area contributed by atoms with Gasteiger partial charge in [0, 0.05) is 0 Å². The van der Waals surface area contributed by atoms with E-state index in [0.29, 0.717) is 12.3 Å². The molecule has 19 heavy (non-hydrogen) atoms. The molecule has 2 bridgehead atoms. The van der Waals surface area contributed by atoms with E-state index in [1.807, 2.05) is 6.08 Å². The molecule has 2 nitrogen and oxygen atoms in total. The van der Waals surface area contributed by atoms with Gasteiger partial charge in [-0.05, 0) is 36.8 Å². The highest BCUT2D eigenvalue weighted by Gasteiger charge is 2.41. The second kappa shape index (κ2) is 4.40. The molecule has 1 saturated carbocycles. The number of benzene rings is 1. The number of esters is 1. The molecule has 2 aliphatic rings. The zero-order valence-corrected chi connectivity index (χ0v) is 9.91. The van der Waals surface area contributed by atoms with Gasteiger partial charge in [0.15, 0.2) is 17.4 Å². The van der Waals surface area contributed by atoms with Crippen LogP contribution in [0.2, 0.25) is 0 Å². The van der Waals surface area contributed by atoms with Gasteiger partial charge < -0.3 is 4.74 Å². The number of ether oxygens (including phenoxy) is 1.